The molecular formula is C22H26N6O4. The van der Waals surface area contributed by atoms with Gasteiger partial charge in [-0.2, -0.15) is 5.10 Å². The first-order chi connectivity index (χ1) is 15.5. The van der Waals surface area contributed by atoms with E-state index < -0.39 is 0 Å². The van der Waals surface area contributed by atoms with Crippen LogP contribution in [0, 0.1) is 6.92 Å². The summed E-state index contributed by atoms with van der Waals surface area (Å²) in [5.41, 5.74) is 2.37. The maximum Gasteiger partial charge on any atom is 0.281 e. The number of piperazine rings is 1. The normalized spacial score (nSPS) is 16.0. The van der Waals surface area contributed by atoms with E-state index in [4.69, 9.17) is 14.5 Å². The second kappa shape index (κ2) is 7.85. The Bertz CT molecular complexity index is 1260. The van der Waals surface area contributed by atoms with E-state index in [0.717, 1.165) is 5.69 Å². The molecule has 0 N–H and O–H groups in total. The van der Waals surface area contributed by atoms with Crippen molar-refractivity contribution in [2.45, 2.75) is 20.4 Å². The summed E-state index contributed by atoms with van der Waals surface area (Å²) in [6.45, 7) is 7.56. The summed E-state index contributed by atoms with van der Waals surface area (Å²) >= 11 is 0. The lowest BCUT2D eigenvalue weighted by molar-refractivity contribution is 0.0745. The summed E-state index contributed by atoms with van der Waals surface area (Å²) in [5.74, 6) is 1.87. The van der Waals surface area contributed by atoms with Crippen LogP contribution in [-0.2, 0) is 13.6 Å². The minimum absolute atomic E-state index is 0.0407. The summed E-state index contributed by atoms with van der Waals surface area (Å²) < 4.78 is 14.4. The SMILES string of the molecule is CCn1c(N2CCN(C(=O)c3ccc4c(c3)OCCO4)CC2)nc2c(C)nn(C)c2c1=O. The monoisotopic (exact) mass is 438 g/mol. The molecular weight excluding hydrogens is 412 g/mol. The highest BCUT2D eigenvalue weighted by molar-refractivity contribution is 5.95. The van der Waals surface area contributed by atoms with Crippen LogP contribution in [0.5, 0.6) is 11.5 Å². The molecule has 10 nitrogen and oxygen atoms in total. The molecule has 1 amide bonds. The van der Waals surface area contributed by atoms with E-state index in [-0.39, 0.29) is 11.5 Å². The fraction of sp³-hybridized carbons (Fsp3) is 0.455. The Hall–Kier alpha value is -3.56. The van der Waals surface area contributed by atoms with Gasteiger partial charge in [0.1, 0.15) is 18.7 Å². The summed E-state index contributed by atoms with van der Waals surface area (Å²) in [5, 5.41) is 4.36. The Labute approximate surface area is 184 Å². The Morgan fingerprint density at radius 3 is 2.53 bits per heavy atom. The molecule has 4 heterocycles. The van der Waals surface area contributed by atoms with Crippen molar-refractivity contribution >= 4 is 22.9 Å². The lowest BCUT2D eigenvalue weighted by atomic mass is 10.1. The third-order valence-corrected chi connectivity index (χ3v) is 6.05. The van der Waals surface area contributed by atoms with Gasteiger partial charge in [-0.15, -0.1) is 0 Å². The van der Waals surface area contributed by atoms with Gasteiger partial charge < -0.3 is 19.3 Å². The van der Waals surface area contributed by atoms with Gasteiger partial charge in [0, 0.05) is 45.3 Å². The molecule has 5 rings (SSSR count). The van der Waals surface area contributed by atoms with Gasteiger partial charge in [0.05, 0.1) is 5.69 Å². The number of benzene rings is 1. The molecule has 0 unspecified atom stereocenters. The topological polar surface area (TPSA) is 94.7 Å². The zero-order chi connectivity index (χ0) is 22.4. The maximum absolute atomic E-state index is 13.1. The lowest BCUT2D eigenvalue weighted by Gasteiger charge is -2.36. The highest BCUT2D eigenvalue weighted by Gasteiger charge is 2.27. The summed E-state index contributed by atoms with van der Waals surface area (Å²) in [4.78, 5) is 34.8. The first-order valence-corrected chi connectivity index (χ1v) is 10.9. The van der Waals surface area contributed by atoms with Crippen molar-refractivity contribution in [3.05, 3.63) is 39.8 Å². The highest BCUT2D eigenvalue weighted by atomic mass is 16.6. The molecule has 32 heavy (non-hydrogen) atoms. The van der Waals surface area contributed by atoms with Crippen molar-refractivity contribution in [3.63, 3.8) is 0 Å². The number of carbonyl (C=O) groups is 1. The van der Waals surface area contributed by atoms with E-state index >= 15 is 0 Å². The van der Waals surface area contributed by atoms with Gasteiger partial charge in [0.15, 0.2) is 17.0 Å². The number of anilines is 1. The van der Waals surface area contributed by atoms with Crippen molar-refractivity contribution in [3.8, 4) is 11.5 Å². The van der Waals surface area contributed by atoms with E-state index in [2.05, 4.69) is 10.00 Å². The minimum Gasteiger partial charge on any atom is -0.486 e. The Balaban J connectivity index is 1.37. The van der Waals surface area contributed by atoms with Crippen LogP contribution < -0.4 is 19.9 Å². The van der Waals surface area contributed by atoms with Crippen molar-refractivity contribution < 1.29 is 14.3 Å². The zero-order valence-electron chi connectivity index (χ0n) is 18.5. The van der Waals surface area contributed by atoms with Gasteiger partial charge in [0.25, 0.3) is 11.5 Å². The first-order valence-electron chi connectivity index (χ1n) is 10.9. The third-order valence-electron chi connectivity index (χ3n) is 6.05. The second-order valence-corrected chi connectivity index (χ2v) is 8.01. The largest absolute Gasteiger partial charge is 0.486 e. The number of hydrogen-bond acceptors (Lipinski definition) is 7. The number of amides is 1. The molecule has 168 valence electrons. The number of hydrogen-bond donors (Lipinski definition) is 0. The van der Waals surface area contributed by atoms with Gasteiger partial charge in [-0.25, -0.2) is 4.98 Å². The molecule has 1 saturated heterocycles. The van der Waals surface area contributed by atoms with Crippen LogP contribution in [0.2, 0.25) is 0 Å². The van der Waals surface area contributed by atoms with E-state index in [0.29, 0.717) is 80.0 Å². The molecule has 0 atom stereocenters. The number of aromatic nitrogens is 4. The van der Waals surface area contributed by atoms with Crippen molar-refractivity contribution in [1.29, 1.82) is 0 Å². The number of fused-ring (bicyclic) bond motifs is 2. The van der Waals surface area contributed by atoms with Crippen LogP contribution in [-0.4, -0.2) is 69.5 Å². The number of ether oxygens (including phenoxy) is 2. The number of rotatable bonds is 3. The van der Waals surface area contributed by atoms with E-state index in [1.165, 1.54) is 0 Å². The van der Waals surface area contributed by atoms with Gasteiger partial charge in [-0.3, -0.25) is 18.8 Å². The molecule has 1 aromatic carbocycles. The third kappa shape index (κ3) is 3.26. The van der Waals surface area contributed by atoms with Crippen LogP contribution >= 0.6 is 0 Å². The fourth-order valence-electron chi connectivity index (χ4n) is 4.39. The Morgan fingerprint density at radius 2 is 1.81 bits per heavy atom. The van der Waals surface area contributed by atoms with Crippen LogP contribution in [0.25, 0.3) is 11.0 Å². The van der Waals surface area contributed by atoms with Crippen LogP contribution in [0.15, 0.2) is 23.0 Å². The molecule has 1 fully saturated rings. The molecule has 0 aliphatic carbocycles. The highest BCUT2D eigenvalue weighted by Crippen LogP contribution is 2.31. The maximum atomic E-state index is 13.1. The van der Waals surface area contributed by atoms with Crippen LogP contribution in [0.3, 0.4) is 0 Å². The minimum atomic E-state index is -0.0922. The number of carbonyl (C=O) groups excluding carboxylic acids is 1. The smallest absolute Gasteiger partial charge is 0.281 e. The van der Waals surface area contributed by atoms with Crippen LogP contribution in [0.4, 0.5) is 5.95 Å². The van der Waals surface area contributed by atoms with Crippen LogP contribution in [0.1, 0.15) is 23.0 Å². The molecule has 2 aromatic heterocycles. The van der Waals surface area contributed by atoms with Gasteiger partial charge in [-0.05, 0) is 32.0 Å². The van der Waals surface area contributed by atoms with Gasteiger partial charge >= 0.3 is 0 Å². The second-order valence-electron chi connectivity index (χ2n) is 8.01. The van der Waals surface area contributed by atoms with Gasteiger partial charge in [0.2, 0.25) is 5.95 Å². The average Bonchev–Trinajstić information content (AvgIpc) is 3.11. The fourth-order valence-corrected chi connectivity index (χ4v) is 4.39. The van der Waals surface area contributed by atoms with Crippen molar-refractivity contribution in [2.24, 2.45) is 7.05 Å². The van der Waals surface area contributed by atoms with E-state index in [1.807, 2.05) is 18.7 Å². The lowest BCUT2D eigenvalue weighted by Crippen LogP contribution is -2.50. The zero-order valence-corrected chi connectivity index (χ0v) is 18.5. The van der Waals surface area contributed by atoms with Crippen molar-refractivity contribution in [1.82, 2.24) is 24.2 Å². The first kappa shape index (κ1) is 20.3. The van der Waals surface area contributed by atoms with E-state index in [1.54, 1.807) is 34.5 Å². The Kier molecular flexibility index (Phi) is 4.99. The molecule has 2 aliphatic heterocycles. The molecule has 0 spiro atoms. The molecule has 0 radical (unpaired) electrons. The molecule has 10 heteroatoms. The number of aryl methyl sites for hydroxylation is 2. The summed E-state index contributed by atoms with van der Waals surface area (Å²) in [6, 6.07) is 5.31. The molecule has 0 bridgehead atoms. The average molecular weight is 438 g/mol. The summed E-state index contributed by atoms with van der Waals surface area (Å²) in [7, 11) is 1.76. The molecule has 3 aromatic rings. The standard InChI is InChI=1S/C22H26N6O4/c1-4-28-21(30)19-18(14(2)24-25(19)3)23-22(28)27-9-7-26(8-10-27)20(29)15-5-6-16-17(13-15)32-12-11-31-16/h5-6,13H,4,7-12H2,1-3H3. The Morgan fingerprint density at radius 1 is 1.09 bits per heavy atom. The quantitative estimate of drug-likeness (QED) is 0.606. The predicted molar refractivity (Wildman–Crippen MR) is 119 cm³/mol. The molecule has 0 saturated carbocycles. The van der Waals surface area contributed by atoms with E-state index in [9.17, 15) is 9.59 Å². The van der Waals surface area contributed by atoms with Crippen molar-refractivity contribution in [2.75, 3.05) is 44.3 Å². The summed E-state index contributed by atoms with van der Waals surface area (Å²) in [6.07, 6.45) is 0. The van der Waals surface area contributed by atoms with Gasteiger partial charge in [-0.1, -0.05) is 0 Å². The molecule has 2 aliphatic rings. The number of nitrogens with zero attached hydrogens (tertiary/aromatic N) is 6. The predicted octanol–water partition coefficient (Wildman–Crippen LogP) is 1.19.